The molecule has 30 heavy (non-hydrogen) atoms. The van der Waals surface area contributed by atoms with Gasteiger partial charge in [0.1, 0.15) is 12.1 Å². The first-order valence-corrected chi connectivity index (χ1v) is 10.4. The Kier molecular flexibility index (Phi) is 5.20. The van der Waals surface area contributed by atoms with E-state index in [1.807, 2.05) is 4.90 Å². The molecule has 0 spiro atoms. The van der Waals surface area contributed by atoms with Gasteiger partial charge in [-0.15, -0.1) is 0 Å². The molecule has 0 amide bonds. The summed E-state index contributed by atoms with van der Waals surface area (Å²) >= 11 is 0. The summed E-state index contributed by atoms with van der Waals surface area (Å²) in [6.45, 7) is 1.14. The first kappa shape index (κ1) is 20.3. The zero-order valence-electron chi connectivity index (χ0n) is 15.6. The van der Waals surface area contributed by atoms with Gasteiger partial charge in [-0.1, -0.05) is 0 Å². The first-order chi connectivity index (χ1) is 14.2. The van der Waals surface area contributed by atoms with Crippen LogP contribution in [-0.4, -0.2) is 58.7 Å². The quantitative estimate of drug-likeness (QED) is 0.621. The molecule has 2 aromatic heterocycles. The number of alkyl halides is 3. The summed E-state index contributed by atoms with van der Waals surface area (Å²) < 4.78 is 66.6. The van der Waals surface area contributed by atoms with Crippen LogP contribution in [0.1, 0.15) is 5.56 Å². The molecule has 0 N–H and O–H groups in total. The Labute approximate surface area is 170 Å². The largest absolute Gasteiger partial charge is 0.416 e. The second kappa shape index (κ2) is 7.69. The van der Waals surface area contributed by atoms with Gasteiger partial charge in [-0.25, -0.2) is 23.1 Å². The normalized spacial score (nSPS) is 16.0. The van der Waals surface area contributed by atoms with Gasteiger partial charge >= 0.3 is 6.18 Å². The molecule has 1 aromatic carbocycles. The van der Waals surface area contributed by atoms with Crippen molar-refractivity contribution in [2.45, 2.75) is 11.1 Å². The fourth-order valence-corrected chi connectivity index (χ4v) is 4.58. The molecule has 0 bridgehead atoms. The Hall–Kier alpha value is -2.99. The van der Waals surface area contributed by atoms with Crippen LogP contribution >= 0.6 is 0 Å². The highest BCUT2D eigenvalue weighted by atomic mass is 32.2. The van der Waals surface area contributed by atoms with Gasteiger partial charge in [0.2, 0.25) is 10.0 Å². The number of sulfonamides is 1. The second-order valence-corrected chi connectivity index (χ2v) is 8.54. The van der Waals surface area contributed by atoms with E-state index >= 15 is 0 Å². The van der Waals surface area contributed by atoms with Crippen LogP contribution in [0.4, 0.5) is 19.0 Å². The molecule has 1 fully saturated rings. The minimum Gasteiger partial charge on any atom is -0.354 e. The molecular formula is C18H17F3N6O2S. The Morgan fingerprint density at radius 2 is 1.60 bits per heavy atom. The van der Waals surface area contributed by atoms with Crippen LogP contribution in [0.3, 0.4) is 0 Å². The predicted octanol–water partition coefficient (Wildman–Crippen LogP) is 2.19. The number of halogens is 3. The number of rotatable bonds is 4. The summed E-state index contributed by atoms with van der Waals surface area (Å²) in [4.78, 5) is 10.2. The average Bonchev–Trinajstić information content (AvgIpc) is 3.28. The molecule has 12 heteroatoms. The Balaban J connectivity index is 1.46. The smallest absolute Gasteiger partial charge is 0.354 e. The fourth-order valence-electron chi connectivity index (χ4n) is 3.16. The van der Waals surface area contributed by atoms with Crippen LogP contribution in [0.25, 0.3) is 5.82 Å². The van der Waals surface area contributed by atoms with Crippen LogP contribution in [-0.2, 0) is 16.2 Å². The predicted molar refractivity (Wildman–Crippen MR) is 102 cm³/mol. The molecular weight excluding hydrogens is 421 g/mol. The second-order valence-electron chi connectivity index (χ2n) is 6.60. The van der Waals surface area contributed by atoms with E-state index in [0.29, 0.717) is 24.7 Å². The van der Waals surface area contributed by atoms with Crippen LogP contribution in [0.5, 0.6) is 0 Å². The minimum absolute atomic E-state index is 0.160. The molecule has 0 aliphatic carbocycles. The Morgan fingerprint density at radius 3 is 2.20 bits per heavy atom. The molecule has 4 rings (SSSR count). The van der Waals surface area contributed by atoms with Crippen molar-refractivity contribution in [3.8, 4) is 5.82 Å². The average molecular weight is 438 g/mol. The lowest BCUT2D eigenvalue weighted by atomic mass is 10.2. The van der Waals surface area contributed by atoms with Crippen LogP contribution in [0.15, 0.2) is 60.0 Å². The summed E-state index contributed by atoms with van der Waals surface area (Å²) in [7, 11) is -3.88. The molecule has 1 aliphatic heterocycles. The summed E-state index contributed by atoms with van der Waals surface area (Å²) in [6.07, 6.45) is 0.283. The highest BCUT2D eigenvalue weighted by Gasteiger charge is 2.32. The number of piperazine rings is 1. The van der Waals surface area contributed by atoms with Crippen LogP contribution in [0.2, 0.25) is 0 Å². The summed E-state index contributed by atoms with van der Waals surface area (Å²) in [5.41, 5.74) is -0.886. The molecule has 3 aromatic rings. The van der Waals surface area contributed by atoms with Gasteiger partial charge in [-0.2, -0.15) is 22.6 Å². The van der Waals surface area contributed by atoms with Crippen molar-refractivity contribution < 1.29 is 21.6 Å². The van der Waals surface area contributed by atoms with E-state index in [0.717, 1.165) is 24.3 Å². The van der Waals surface area contributed by atoms with Gasteiger partial charge in [0.25, 0.3) is 0 Å². The molecule has 0 saturated carbocycles. The molecule has 1 aliphatic rings. The zero-order chi connectivity index (χ0) is 21.4. The highest BCUT2D eigenvalue weighted by Crippen LogP contribution is 2.30. The standard InChI is InChI=1S/C18H17F3N6O2S/c19-18(20,21)14-2-4-15(5-3-14)30(28,29)26-10-8-25(9-11-26)16-12-17(23-13-22-16)27-7-1-6-24-27/h1-7,12-13H,8-11H2. The third-order valence-corrected chi connectivity index (χ3v) is 6.67. The van der Waals surface area contributed by atoms with Crippen molar-refractivity contribution in [1.29, 1.82) is 0 Å². The third-order valence-electron chi connectivity index (χ3n) is 4.76. The molecule has 8 nitrogen and oxygen atoms in total. The summed E-state index contributed by atoms with van der Waals surface area (Å²) in [5, 5.41) is 4.12. The number of nitrogens with zero attached hydrogens (tertiary/aromatic N) is 6. The van der Waals surface area contributed by atoms with Crippen LogP contribution < -0.4 is 4.90 Å². The lowest BCUT2D eigenvalue weighted by Crippen LogP contribution is -2.49. The monoisotopic (exact) mass is 438 g/mol. The van der Waals surface area contributed by atoms with Crippen molar-refractivity contribution in [3.05, 3.63) is 60.7 Å². The van der Waals surface area contributed by atoms with Gasteiger partial charge in [-0.3, -0.25) is 0 Å². The molecule has 158 valence electrons. The molecule has 3 heterocycles. The number of anilines is 1. The van der Waals surface area contributed by atoms with E-state index in [1.165, 1.54) is 10.6 Å². The van der Waals surface area contributed by atoms with Crippen molar-refractivity contribution in [3.63, 3.8) is 0 Å². The maximum Gasteiger partial charge on any atom is 0.416 e. The van der Waals surface area contributed by atoms with E-state index in [9.17, 15) is 21.6 Å². The SMILES string of the molecule is O=S(=O)(c1ccc(C(F)(F)F)cc1)N1CCN(c2cc(-n3cccn3)ncn2)CC1. The number of benzene rings is 1. The minimum atomic E-state index is -4.51. The van der Waals surface area contributed by atoms with Gasteiger partial charge in [0.05, 0.1) is 10.5 Å². The van der Waals surface area contributed by atoms with Crippen LogP contribution in [0, 0.1) is 0 Å². The maximum atomic E-state index is 12.8. The molecule has 0 unspecified atom stereocenters. The van der Waals surface area contributed by atoms with E-state index < -0.39 is 21.8 Å². The van der Waals surface area contributed by atoms with E-state index in [2.05, 4.69) is 15.1 Å². The highest BCUT2D eigenvalue weighted by molar-refractivity contribution is 7.89. The van der Waals surface area contributed by atoms with Crippen molar-refractivity contribution in [2.75, 3.05) is 31.1 Å². The van der Waals surface area contributed by atoms with E-state index in [1.54, 1.807) is 29.2 Å². The van der Waals surface area contributed by atoms with E-state index in [-0.39, 0.29) is 18.0 Å². The molecule has 0 radical (unpaired) electrons. The Bertz CT molecular complexity index is 1110. The van der Waals surface area contributed by atoms with Gasteiger partial charge in [0, 0.05) is 44.6 Å². The maximum absolute atomic E-state index is 12.8. The number of hydrogen-bond donors (Lipinski definition) is 0. The topological polar surface area (TPSA) is 84.2 Å². The lowest BCUT2D eigenvalue weighted by molar-refractivity contribution is -0.137. The zero-order valence-corrected chi connectivity index (χ0v) is 16.4. The summed E-state index contributed by atoms with van der Waals surface area (Å²) in [5.74, 6) is 1.23. The van der Waals surface area contributed by atoms with Gasteiger partial charge in [0.15, 0.2) is 5.82 Å². The molecule has 1 saturated heterocycles. The summed E-state index contributed by atoms with van der Waals surface area (Å²) in [6, 6.07) is 7.07. The van der Waals surface area contributed by atoms with Crippen molar-refractivity contribution >= 4 is 15.8 Å². The van der Waals surface area contributed by atoms with Gasteiger partial charge in [-0.05, 0) is 30.3 Å². The fraction of sp³-hybridized carbons (Fsp3) is 0.278. The van der Waals surface area contributed by atoms with Crippen molar-refractivity contribution in [2.24, 2.45) is 0 Å². The third kappa shape index (κ3) is 4.00. The van der Waals surface area contributed by atoms with E-state index in [4.69, 9.17) is 0 Å². The first-order valence-electron chi connectivity index (χ1n) is 8.99. The Morgan fingerprint density at radius 1 is 0.933 bits per heavy atom. The molecule has 0 atom stereocenters. The van der Waals surface area contributed by atoms with Gasteiger partial charge < -0.3 is 4.90 Å². The lowest BCUT2D eigenvalue weighted by Gasteiger charge is -2.34. The number of hydrogen-bond acceptors (Lipinski definition) is 6. The van der Waals surface area contributed by atoms with Crippen molar-refractivity contribution in [1.82, 2.24) is 24.1 Å². The number of aromatic nitrogens is 4.